The Morgan fingerprint density at radius 3 is 2.65 bits per heavy atom. The lowest BCUT2D eigenvalue weighted by Gasteiger charge is -2.23. The molecule has 1 aromatic rings. The Hall–Kier alpha value is -1.66. The molecular formula is C14H13NO3S2. The van der Waals surface area contributed by atoms with Crippen LogP contribution in [0, 0.1) is 0 Å². The van der Waals surface area contributed by atoms with Crippen molar-refractivity contribution in [2.75, 3.05) is 7.11 Å². The Labute approximate surface area is 126 Å². The summed E-state index contributed by atoms with van der Waals surface area (Å²) in [6.07, 6.45) is 1.18. The van der Waals surface area contributed by atoms with Crippen molar-refractivity contribution < 1.29 is 14.3 Å². The minimum absolute atomic E-state index is 0.174. The van der Waals surface area contributed by atoms with Crippen molar-refractivity contribution in [3.63, 3.8) is 0 Å². The fraction of sp³-hybridized carbons (Fsp3) is 0.214. The summed E-state index contributed by atoms with van der Waals surface area (Å²) in [5.74, 6) is -0.820. The van der Waals surface area contributed by atoms with E-state index in [1.165, 1.54) is 18.1 Å². The third kappa shape index (κ3) is 2.91. The van der Waals surface area contributed by atoms with E-state index < -0.39 is 5.97 Å². The summed E-state index contributed by atoms with van der Waals surface area (Å²) in [4.78, 5) is 25.4. The van der Waals surface area contributed by atoms with E-state index in [0.29, 0.717) is 9.23 Å². The van der Waals surface area contributed by atoms with Crippen LogP contribution in [-0.4, -0.2) is 28.2 Å². The molecule has 0 aliphatic carbocycles. The minimum atomic E-state index is -0.558. The molecule has 1 aliphatic rings. The number of rotatable bonds is 3. The maximum Gasteiger partial charge on any atom is 0.331 e. The molecule has 1 heterocycles. The molecule has 1 atom stereocenters. The summed E-state index contributed by atoms with van der Waals surface area (Å²) >= 11 is 6.35. The number of amides is 1. The van der Waals surface area contributed by atoms with Crippen LogP contribution in [0.3, 0.4) is 0 Å². The summed E-state index contributed by atoms with van der Waals surface area (Å²) in [6, 6.07) is 9.44. The van der Waals surface area contributed by atoms with Gasteiger partial charge in [0.25, 0.3) is 5.91 Å². The summed E-state index contributed by atoms with van der Waals surface area (Å²) in [6.45, 7) is 1.90. The fourth-order valence-corrected chi connectivity index (χ4v) is 3.24. The minimum Gasteiger partial charge on any atom is -0.466 e. The van der Waals surface area contributed by atoms with Gasteiger partial charge >= 0.3 is 5.97 Å². The van der Waals surface area contributed by atoms with Crippen LogP contribution in [0.5, 0.6) is 0 Å². The van der Waals surface area contributed by atoms with Gasteiger partial charge in [0.1, 0.15) is 4.32 Å². The molecule has 6 heteroatoms. The Morgan fingerprint density at radius 1 is 1.40 bits per heavy atom. The number of methoxy groups -OCH3 is 1. The monoisotopic (exact) mass is 307 g/mol. The molecule has 0 radical (unpaired) electrons. The SMILES string of the molecule is COC(=O)/C=C1/SC(=S)N(C(C)c2ccccc2)C1=O. The molecule has 0 spiro atoms. The molecule has 0 N–H and O–H groups in total. The van der Waals surface area contributed by atoms with Gasteiger partial charge in [-0.05, 0) is 12.5 Å². The second-order valence-corrected chi connectivity index (χ2v) is 5.84. The molecule has 1 fully saturated rings. The van der Waals surface area contributed by atoms with E-state index in [0.717, 1.165) is 17.3 Å². The van der Waals surface area contributed by atoms with Crippen LogP contribution in [0.1, 0.15) is 18.5 Å². The summed E-state index contributed by atoms with van der Waals surface area (Å²) in [5, 5.41) is 0. The molecule has 2 rings (SSSR count). The van der Waals surface area contributed by atoms with Crippen molar-refractivity contribution in [3.05, 3.63) is 46.9 Å². The number of benzene rings is 1. The first-order chi connectivity index (χ1) is 9.54. The van der Waals surface area contributed by atoms with E-state index in [1.54, 1.807) is 0 Å². The van der Waals surface area contributed by atoms with E-state index >= 15 is 0 Å². The number of esters is 1. The highest BCUT2D eigenvalue weighted by Crippen LogP contribution is 2.36. The van der Waals surface area contributed by atoms with Crippen LogP contribution in [0.15, 0.2) is 41.3 Å². The van der Waals surface area contributed by atoms with E-state index in [-0.39, 0.29) is 11.9 Å². The van der Waals surface area contributed by atoms with Gasteiger partial charge in [-0.2, -0.15) is 0 Å². The molecule has 1 aromatic carbocycles. The smallest absolute Gasteiger partial charge is 0.331 e. The lowest BCUT2D eigenvalue weighted by molar-refractivity contribution is -0.135. The molecule has 4 nitrogen and oxygen atoms in total. The predicted octanol–water partition coefficient (Wildman–Crippen LogP) is 2.66. The van der Waals surface area contributed by atoms with Gasteiger partial charge in [-0.3, -0.25) is 9.69 Å². The number of hydrogen-bond acceptors (Lipinski definition) is 5. The quantitative estimate of drug-likeness (QED) is 0.488. The van der Waals surface area contributed by atoms with Crippen LogP contribution in [0.25, 0.3) is 0 Å². The van der Waals surface area contributed by atoms with Gasteiger partial charge < -0.3 is 4.74 Å². The molecule has 0 aromatic heterocycles. The average molecular weight is 307 g/mol. The second-order valence-electron chi connectivity index (χ2n) is 4.16. The first-order valence-electron chi connectivity index (χ1n) is 5.94. The van der Waals surface area contributed by atoms with Gasteiger partial charge in [0, 0.05) is 6.08 Å². The van der Waals surface area contributed by atoms with Gasteiger partial charge in [0.05, 0.1) is 18.1 Å². The zero-order chi connectivity index (χ0) is 14.7. The number of ether oxygens (including phenoxy) is 1. The number of thiocarbonyl (C=S) groups is 1. The topological polar surface area (TPSA) is 46.6 Å². The van der Waals surface area contributed by atoms with Gasteiger partial charge in [-0.15, -0.1) is 0 Å². The highest BCUT2D eigenvalue weighted by atomic mass is 32.2. The van der Waals surface area contributed by atoms with Crippen LogP contribution in [0.4, 0.5) is 0 Å². The van der Waals surface area contributed by atoms with Crippen molar-refractivity contribution in [2.24, 2.45) is 0 Å². The largest absolute Gasteiger partial charge is 0.466 e. The Kier molecular flexibility index (Phi) is 4.57. The highest BCUT2D eigenvalue weighted by Gasteiger charge is 2.36. The summed E-state index contributed by atoms with van der Waals surface area (Å²) in [7, 11) is 1.27. The van der Waals surface area contributed by atoms with Gasteiger partial charge in [-0.25, -0.2) is 4.79 Å². The van der Waals surface area contributed by atoms with Crippen molar-refractivity contribution in [1.29, 1.82) is 0 Å². The number of carbonyl (C=O) groups excluding carboxylic acids is 2. The number of thioether (sulfide) groups is 1. The first kappa shape index (κ1) is 14.7. The fourth-order valence-electron chi connectivity index (χ4n) is 1.86. The summed E-state index contributed by atoms with van der Waals surface area (Å²) < 4.78 is 4.98. The molecule has 1 aliphatic heterocycles. The predicted molar refractivity (Wildman–Crippen MR) is 82.0 cm³/mol. The molecule has 0 saturated carbocycles. The van der Waals surface area contributed by atoms with E-state index in [9.17, 15) is 9.59 Å². The van der Waals surface area contributed by atoms with Gasteiger partial charge in [0.2, 0.25) is 0 Å². The van der Waals surface area contributed by atoms with Crippen molar-refractivity contribution in [3.8, 4) is 0 Å². The molecule has 104 valence electrons. The maximum absolute atomic E-state index is 12.3. The van der Waals surface area contributed by atoms with E-state index in [1.807, 2.05) is 37.3 Å². The van der Waals surface area contributed by atoms with E-state index in [2.05, 4.69) is 4.74 Å². The number of carbonyl (C=O) groups is 2. The van der Waals surface area contributed by atoms with Crippen LogP contribution < -0.4 is 0 Å². The van der Waals surface area contributed by atoms with Crippen LogP contribution in [-0.2, 0) is 14.3 Å². The van der Waals surface area contributed by atoms with Crippen LogP contribution >= 0.6 is 24.0 Å². The van der Waals surface area contributed by atoms with Gasteiger partial charge in [-0.1, -0.05) is 54.3 Å². The van der Waals surface area contributed by atoms with Crippen molar-refractivity contribution in [1.82, 2.24) is 4.90 Å². The third-order valence-electron chi connectivity index (χ3n) is 2.94. The molecule has 1 saturated heterocycles. The first-order valence-corrected chi connectivity index (χ1v) is 7.17. The summed E-state index contributed by atoms with van der Waals surface area (Å²) in [5.41, 5.74) is 0.989. The van der Waals surface area contributed by atoms with Crippen molar-refractivity contribution in [2.45, 2.75) is 13.0 Å². The third-order valence-corrected chi connectivity index (χ3v) is 4.27. The maximum atomic E-state index is 12.3. The Morgan fingerprint density at radius 2 is 2.05 bits per heavy atom. The molecule has 1 amide bonds. The van der Waals surface area contributed by atoms with Gasteiger partial charge in [0.15, 0.2) is 0 Å². The molecular weight excluding hydrogens is 294 g/mol. The standard InChI is InChI=1S/C14H13NO3S2/c1-9(10-6-4-3-5-7-10)15-13(17)11(20-14(15)19)8-12(16)18-2/h3-9H,1-2H3/b11-8+. The zero-order valence-corrected chi connectivity index (χ0v) is 12.7. The Balaban J connectivity index is 2.26. The lowest BCUT2D eigenvalue weighted by Crippen LogP contribution is -2.31. The van der Waals surface area contributed by atoms with Crippen LogP contribution in [0.2, 0.25) is 0 Å². The number of hydrogen-bond donors (Lipinski definition) is 0. The molecule has 1 unspecified atom stereocenters. The van der Waals surface area contributed by atoms with Crippen molar-refractivity contribution >= 4 is 40.2 Å². The lowest BCUT2D eigenvalue weighted by atomic mass is 10.1. The molecule has 0 bridgehead atoms. The number of nitrogens with zero attached hydrogens (tertiary/aromatic N) is 1. The normalized spacial score (nSPS) is 18.5. The Bertz CT molecular complexity index is 583. The molecule has 20 heavy (non-hydrogen) atoms. The van der Waals surface area contributed by atoms with E-state index in [4.69, 9.17) is 12.2 Å². The second kappa shape index (κ2) is 6.19. The average Bonchev–Trinajstić information content (AvgIpc) is 2.73. The highest BCUT2D eigenvalue weighted by molar-refractivity contribution is 8.26. The zero-order valence-electron chi connectivity index (χ0n) is 11.0.